The molecule has 0 atom stereocenters. The Balaban J connectivity index is 1.51. The maximum atomic E-state index is 13.0. The van der Waals surface area contributed by atoms with Gasteiger partial charge < -0.3 is 19.9 Å². The Morgan fingerprint density at radius 2 is 2.08 bits per heavy atom. The third-order valence-electron chi connectivity index (χ3n) is 3.67. The quantitative estimate of drug-likeness (QED) is 0.463. The number of halogens is 1. The summed E-state index contributed by atoms with van der Waals surface area (Å²) in [5, 5.41) is 12.3. The van der Waals surface area contributed by atoms with Crippen LogP contribution in [-0.2, 0) is 4.74 Å². The van der Waals surface area contributed by atoms with E-state index < -0.39 is 5.95 Å². The average Bonchev–Trinajstić information content (AvgIpc) is 2.55. The number of anilines is 1. The van der Waals surface area contributed by atoms with Crippen LogP contribution in [0.2, 0.25) is 0 Å². The van der Waals surface area contributed by atoms with E-state index in [-0.39, 0.29) is 17.9 Å². The fraction of sp³-hybridized carbons (Fsp3) is 0.294. The molecule has 7 heteroatoms. The van der Waals surface area contributed by atoms with E-state index in [1.54, 1.807) is 24.5 Å². The first-order valence-electron chi connectivity index (χ1n) is 7.53. The molecule has 1 aliphatic rings. The highest BCUT2D eigenvalue weighted by atomic mass is 19.1. The van der Waals surface area contributed by atoms with Crippen LogP contribution in [-0.4, -0.2) is 42.8 Å². The minimum Gasteiger partial charge on any atom is -0.439 e. The van der Waals surface area contributed by atoms with Crippen LogP contribution in [0.4, 0.5) is 10.1 Å². The summed E-state index contributed by atoms with van der Waals surface area (Å²) >= 11 is 0. The third-order valence-corrected chi connectivity index (χ3v) is 3.67. The maximum Gasteiger partial charge on any atom is 0.221 e. The van der Waals surface area contributed by atoms with Crippen molar-refractivity contribution in [2.45, 2.75) is 0 Å². The van der Waals surface area contributed by atoms with Crippen molar-refractivity contribution in [3.8, 4) is 11.6 Å². The van der Waals surface area contributed by atoms with Gasteiger partial charge in [0.2, 0.25) is 11.8 Å². The van der Waals surface area contributed by atoms with Crippen LogP contribution in [0, 0.1) is 11.4 Å². The van der Waals surface area contributed by atoms with Crippen LogP contribution in [0.3, 0.4) is 0 Å². The van der Waals surface area contributed by atoms with Gasteiger partial charge in [-0.1, -0.05) is 6.07 Å². The number of hydrogen-bond donors (Lipinski definition) is 2. The maximum absolute atomic E-state index is 13.0. The van der Waals surface area contributed by atoms with Crippen LogP contribution < -0.4 is 10.1 Å². The van der Waals surface area contributed by atoms with Crippen molar-refractivity contribution in [1.29, 1.82) is 0 Å². The molecule has 1 aromatic carbocycles. The largest absolute Gasteiger partial charge is 0.439 e. The summed E-state index contributed by atoms with van der Waals surface area (Å²) in [7, 11) is 0. The van der Waals surface area contributed by atoms with E-state index in [9.17, 15) is 9.50 Å². The molecule has 0 radical (unpaired) electrons. The lowest BCUT2D eigenvalue weighted by atomic mass is 9.87. The molecule has 1 aliphatic heterocycles. The number of aliphatic hydroxyl groups excluding tert-OH is 1. The molecule has 24 heavy (non-hydrogen) atoms. The highest BCUT2D eigenvalue weighted by Gasteiger charge is 2.37. The lowest BCUT2D eigenvalue weighted by molar-refractivity contribution is -0.129. The summed E-state index contributed by atoms with van der Waals surface area (Å²) in [6.45, 7) is 1.68. The molecule has 2 aromatic rings. The summed E-state index contributed by atoms with van der Waals surface area (Å²) in [5.74, 6) is 0.176. The van der Waals surface area contributed by atoms with Crippen LogP contribution in [0.25, 0.3) is 0 Å². The summed E-state index contributed by atoms with van der Waals surface area (Å²) in [6.07, 6.45) is 1.60. The van der Waals surface area contributed by atoms with Crippen molar-refractivity contribution in [2.24, 2.45) is 10.4 Å². The first-order chi connectivity index (χ1) is 11.7. The molecule has 0 spiro atoms. The summed E-state index contributed by atoms with van der Waals surface area (Å²) in [5.41, 5.74) is 0.606. The molecule has 1 saturated heterocycles. The molecule has 126 valence electrons. The van der Waals surface area contributed by atoms with Crippen molar-refractivity contribution < 1.29 is 19.0 Å². The Hall–Kier alpha value is -2.51. The predicted octanol–water partition coefficient (Wildman–Crippen LogP) is 2.46. The normalized spacial score (nSPS) is 15.9. The van der Waals surface area contributed by atoms with Crippen molar-refractivity contribution >= 4 is 12.0 Å². The summed E-state index contributed by atoms with van der Waals surface area (Å²) < 4.78 is 23.6. The fourth-order valence-corrected chi connectivity index (χ4v) is 2.17. The van der Waals surface area contributed by atoms with Crippen molar-refractivity contribution in [2.75, 3.05) is 31.7 Å². The number of rotatable bonds is 7. The van der Waals surface area contributed by atoms with E-state index in [1.165, 1.54) is 12.1 Å². The lowest BCUT2D eigenvalue weighted by Crippen LogP contribution is -2.48. The fourth-order valence-electron chi connectivity index (χ4n) is 2.17. The van der Waals surface area contributed by atoms with E-state index in [4.69, 9.17) is 9.47 Å². The molecule has 0 aliphatic carbocycles. The standard InChI is InChI=1S/C17H18FN3O3/c18-15-2-1-3-16(21-15)24-14-6-4-13(5-7-14)20-12-19-8-17(9-22)10-23-11-17/h1-7,12,22H,8-11H2,(H,19,20). The number of ether oxygens (including phenoxy) is 2. The molecule has 2 N–H and O–H groups in total. The first kappa shape index (κ1) is 16.4. The van der Waals surface area contributed by atoms with Gasteiger partial charge in [-0.2, -0.15) is 9.37 Å². The molecule has 3 rings (SSSR count). The van der Waals surface area contributed by atoms with E-state index >= 15 is 0 Å². The van der Waals surface area contributed by atoms with Gasteiger partial charge in [-0.05, 0) is 30.3 Å². The molecule has 1 aromatic heterocycles. The van der Waals surface area contributed by atoms with Gasteiger partial charge in [0.25, 0.3) is 0 Å². The molecular formula is C17H18FN3O3. The Labute approximate surface area is 139 Å². The zero-order chi connectivity index (χ0) is 16.8. The number of nitrogens with zero attached hydrogens (tertiary/aromatic N) is 2. The molecule has 0 bridgehead atoms. The second-order valence-corrected chi connectivity index (χ2v) is 5.69. The van der Waals surface area contributed by atoms with Gasteiger partial charge in [-0.25, -0.2) is 0 Å². The van der Waals surface area contributed by atoms with E-state index in [0.717, 1.165) is 5.69 Å². The topological polar surface area (TPSA) is 76.0 Å². The van der Waals surface area contributed by atoms with Crippen molar-refractivity contribution in [3.05, 3.63) is 48.4 Å². The van der Waals surface area contributed by atoms with Gasteiger partial charge >= 0.3 is 0 Å². The zero-order valence-electron chi connectivity index (χ0n) is 13.0. The monoisotopic (exact) mass is 331 g/mol. The van der Waals surface area contributed by atoms with Crippen molar-refractivity contribution in [1.82, 2.24) is 4.98 Å². The van der Waals surface area contributed by atoms with Crippen molar-refractivity contribution in [3.63, 3.8) is 0 Å². The number of aliphatic imine (C=N–C) groups is 1. The Kier molecular flexibility index (Phi) is 5.02. The molecule has 1 fully saturated rings. The van der Waals surface area contributed by atoms with Gasteiger partial charge in [-0.3, -0.25) is 4.99 Å². The van der Waals surface area contributed by atoms with E-state index in [1.807, 2.05) is 12.1 Å². The third kappa shape index (κ3) is 4.06. The number of aromatic nitrogens is 1. The Morgan fingerprint density at radius 1 is 1.29 bits per heavy atom. The first-order valence-corrected chi connectivity index (χ1v) is 7.53. The number of pyridine rings is 1. The minimum absolute atomic E-state index is 0.0739. The minimum atomic E-state index is -0.584. The van der Waals surface area contributed by atoms with Gasteiger partial charge in [0.05, 0.1) is 38.1 Å². The van der Waals surface area contributed by atoms with Gasteiger partial charge in [0.1, 0.15) is 5.75 Å². The second-order valence-electron chi connectivity index (χ2n) is 5.69. The Bertz CT molecular complexity index is 697. The SMILES string of the molecule is OCC1(CN=CNc2ccc(Oc3cccc(F)n3)cc2)COC1. The number of hydrogen-bond acceptors (Lipinski definition) is 5. The van der Waals surface area contributed by atoms with Gasteiger partial charge in [0.15, 0.2) is 0 Å². The van der Waals surface area contributed by atoms with Crippen LogP contribution in [0.15, 0.2) is 47.5 Å². The highest BCUT2D eigenvalue weighted by Crippen LogP contribution is 2.26. The van der Waals surface area contributed by atoms with Gasteiger partial charge in [0, 0.05) is 11.8 Å². The predicted molar refractivity (Wildman–Crippen MR) is 88.0 cm³/mol. The van der Waals surface area contributed by atoms with Gasteiger partial charge in [-0.15, -0.1) is 0 Å². The average molecular weight is 331 g/mol. The van der Waals surface area contributed by atoms with Crippen LogP contribution >= 0.6 is 0 Å². The highest BCUT2D eigenvalue weighted by molar-refractivity contribution is 5.75. The van der Waals surface area contributed by atoms with Crippen LogP contribution in [0.5, 0.6) is 11.6 Å². The lowest BCUT2D eigenvalue weighted by Gasteiger charge is -2.38. The smallest absolute Gasteiger partial charge is 0.221 e. The van der Waals surface area contributed by atoms with E-state index in [2.05, 4.69) is 15.3 Å². The zero-order valence-corrected chi connectivity index (χ0v) is 13.0. The number of aliphatic hydroxyl groups is 1. The molecule has 0 amide bonds. The summed E-state index contributed by atoms with van der Waals surface area (Å²) in [4.78, 5) is 7.91. The summed E-state index contributed by atoms with van der Waals surface area (Å²) in [6, 6.07) is 11.5. The number of benzene rings is 1. The molecule has 0 unspecified atom stereocenters. The molecule has 0 saturated carbocycles. The van der Waals surface area contributed by atoms with E-state index in [0.29, 0.717) is 25.5 Å². The van der Waals surface area contributed by atoms with Crippen LogP contribution in [0.1, 0.15) is 0 Å². The molecule has 2 heterocycles. The molecular weight excluding hydrogens is 313 g/mol. The molecule has 6 nitrogen and oxygen atoms in total. The number of nitrogens with one attached hydrogen (secondary N) is 1. The second kappa shape index (κ2) is 7.37. The Morgan fingerprint density at radius 3 is 2.71 bits per heavy atom.